The molecule has 1 aromatic rings. The van der Waals surface area contributed by atoms with Crippen molar-refractivity contribution in [3.8, 4) is 5.75 Å². The van der Waals surface area contributed by atoms with Gasteiger partial charge in [0.2, 0.25) is 0 Å². The molecular weight excluding hydrogens is 202 g/mol. The number of nitro groups is 1. The molecule has 0 N–H and O–H groups in total. The lowest BCUT2D eigenvalue weighted by molar-refractivity contribution is -0.386. The van der Waals surface area contributed by atoms with Gasteiger partial charge in [-0.15, -0.1) is 0 Å². The normalized spacial score (nSPS) is 16.0. The van der Waals surface area contributed by atoms with Crippen molar-refractivity contribution in [2.24, 2.45) is 0 Å². The average Bonchev–Trinajstić information content (AvgIpc) is 2.12. The monoisotopic (exact) mass is 211 g/mol. The second-order valence-corrected chi connectivity index (χ2v) is 4.08. The Morgan fingerprint density at radius 3 is 2.71 bits per heavy atom. The highest BCUT2D eigenvalue weighted by Crippen LogP contribution is 2.30. The highest BCUT2D eigenvalue weighted by Gasteiger charge is 2.23. The van der Waals surface area contributed by atoms with E-state index in [0.29, 0.717) is 5.75 Å². The number of thioether (sulfide) groups is 1. The third-order valence-corrected chi connectivity index (χ3v) is 3.18. The summed E-state index contributed by atoms with van der Waals surface area (Å²) in [6.45, 7) is 0. The van der Waals surface area contributed by atoms with Crippen LogP contribution in [0.3, 0.4) is 0 Å². The van der Waals surface area contributed by atoms with E-state index in [4.69, 9.17) is 4.74 Å². The molecule has 0 saturated carbocycles. The first-order chi connectivity index (χ1) is 6.77. The summed E-state index contributed by atoms with van der Waals surface area (Å²) in [6, 6.07) is 6.48. The quantitative estimate of drug-likeness (QED) is 0.567. The second-order valence-electron chi connectivity index (χ2n) is 3.00. The predicted octanol–water partition coefficient (Wildman–Crippen LogP) is 2.09. The summed E-state index contributed by atoms with van der Waals surface area (Å²) in [5.41, 5.74) is 0.0457. The molecule has 0 aliphatic carbocycles. The van der Waals surface area contributed by atoms with Crippen LogP contribution in [0.2, 0.25) is 0 Å². The van der Waals surface area contributed by atoms with E-state index in [0.717, 1.165) is 11.5 Å². The Hall–Kier alpha value is -1.23. The molecule has 0 unspecified atom stereocenters. The standard InChI is InChI=1S/C9H9NO3S/c11-10(12)8-3-1-2-4-9(8)13-7-5-14-6-7/h1-4,7H,5-6H2. The smallest absolute Gasteiger partial charge is 0.310 e. The number of nitro benzene ring substituents is 1. The van der Waals surface area contributed by atoms with Gasteiger partial charge >= 0.3 is 5.69 Å². The lowest BCUT2D eigenvalue weighted by Gasteiger charge is -2.25. The van der Waals surface area contributed by atoms with Gasteiger partial charge in [-0.2, -0.15) is 11.8 Å². The fourth-order valence-electron chi connectivity index (χ4n) is 1.17. The summed E-state index contributed by atoms with van der Waals surface area (Å²) in [5.74, 6) is 2.22. The minimum Gasteiger partial charge on any atom is -0.482 e. The molecule has 1 heterocycles. The van der Waals surface area contributed by atoms with Gasteiger partial charge in [-0.05, 0) is 6.07 Å². The average molecular weight is 211 g/mol. The molecule has 0 spiro atoms. The highest BCUT2D eigenvalue weighted by atomic mass is 32.2. The van der Waals surface area contributed by atoms with Crippen LogP contribution in [0.1, 0.15) is 0 Å². The molecular formula is C9H9NO3S. The van der Waals surface area contributed by atoms with Gasteiger partial charge in [0.25, 0.3) is 0 Å². The topological polar surface area (TPSA) is 52.4 Å². The van der Waals surface area contributed by atoms with Crippen LogP contribution in [-0.2, 0) is 0 Å². The minimum atomic E-state index is -0.416. The molecule has 14 heavy (non-hydrogen) atoms. The summed E-state index contributed by atoms with van der Waals surface area (Å²) in [6.07, 6.45) is 0.140. The lowest BCUT2D eigenvalue weighted by Crippen LogP contribution is -2.31. The van der Waals surface area contributed by atoms with Crippen LogP contribution in [-0.4, -0.2) is 22.5 Å². The van der Waals surface area contributed by atoms with E-state index in [1.807, 2.05) is 0 Å². The van der Waals surface area contributed by atoms with Crippen molar-refractivity contribution in [3.63, 3.8) is 0 Å². The summed E-state index contributed by atoms with van der Waals surface area (Å²) in [5, 5.41) is 10.6. The van der Waals surface area contributed by atoms with Crippen molar-refractivity contribution < 1.29 is 9.66 Å². The third kappa shape index (κ3) is 1.82. The molecule has 2 rings (SSSR count). The molecule has 0 radical (unpaired) electrons. The zero-order valence-corrected chi connectivity index (χ0v) is 8.20. The summed E-state index contributed by atoms with van der Waals surface area (Å²) in [4.78, 5) is 10.2. The van der Waals surface area contributed by atoms with Gasteiger partial charge in [0.15, 0.2) is 5.75 Å². The summed E-state index contributed by atoms with van der Waals surface area (Å²) in [7, 11) is 0. The van der Waals surface area contributed by atoms with Crippen molar-refractivity contribution >= 4 is 17.4 Å². The van der Waals surface area contributed by atoms with Crippen molar-refractivity contribution in [2.75, 3.05) is 11.5 Å². The molecule has 5 heteroatoms. The second kappa shape index (κ2) is 3.88. The van der Waals surface area contributed by atoms with Gasteiger partial charge in [-0.1, -0.05) is 12.1 Å². The number of para-hydroxylation sites is 2. The fourth-order valence-corrected chi connectivity index (χ4v) is 1.73. The van der Waals surface area contributed by atoms with Crippen LogP contribution in [0.4, 0.5) is 5.69 Å². The third-order valence-electron chi connectivity index (χ3n) is 1.96. The number of nitrogens with zero attached hydrogens (tertiary/aromatic N) is 1. The molecule has 0 amide bonds. The van der Waals surface area contributed by atoms with Gasteiger partial charge in [-0.25, -0.2) is 0 Å². The summed E-state index contributed by atoms with van der Waals surface area (Å²) >= 11 is 1.78. The maximum atomic E-state index is 10.6. The molecule has 0 atom stereocenters. The largest absolute Gasteiger partial charge is 0.482 e. The van der Waals surface area contributed by atoms with Gasteiger partial charge in [-0.3, -0.25) is 10.1 Å². The van der Waals surface area contributed by atoms with Crippen molar-refractivity contribution in [3.05, 3.63) is 34.4 Å². The van der Waals surface area contributed by atoms with Crippen molar-refractivity contribution in [2.45, 2.75) is 6.10 Å². The molecule has 1 aromatic carbocycles. The molecule has 0 aromatic heterocycles. The van der Waals surface area contributed by atoms with E-state index in [1.165, 1.54) is 6.07 Å². The van der Waals surface area contributed by atoms with E-state index in [1.54, 1.807) is 30.0 Å². The number of ether oxygens (including phenoxy) is 1. The van der Waals surface area contributed by atoms with Gasteiger partial charge in [0.1, 0.15) is 6.10 Å². The molecule has 1 aliphatic rings. The Kier molecular flexibility index (Phi) is 2.58. The lowest BCUT2D eigenvalue weighted by atomic mass is 10.3. The van der Waals surface area contributed by atoms with Gasteiger partial charge in [0, 0.05) is 17.6 Å². The number of hydrogen-bond acceptors (Lipinski definition) is 4. The molecule has 1 aliphatic heterocycles. The molecule has 74 valence electrons. The number of benzene rings is 1. The van der Waals surface area contributed by atoms with E-state index < -0.39 is 4.92 Å². The molecule has 1 saturated heterocycles. The fraction of sp³-hybridized carbons (Fsp3) is 0.333. The number of hydrogen-bond donors (Lipinski definition) is 0. The SMILES string of the molecule is O=[N+]([O-])c1ccccc1OC1CSC1. The van der Waals surface area contributed by atoms with Crippen molar-refractivity contribution in [1.29, 1.82) is 0 Å². The zero-order chi connectivity index (χ0) is 9.97. The van der Waals surface area contributed by atoms with Gasteiger partial charge in [0.05, 0.1) is 4.92 Å². The first-order valence-corrected chi connectivity index (χ1v) is 5.40. The maximum absolute atomic E-state index is 10.6. The first-order valence-electron chi connectivity index (χ1n) is 4.25. The highest BCUT2D eigenvalue weighted by molar-refractivity contribution is 8.00. The van der Waals surface area contributed by atoms with Gasteiger partial charge < -0.3 is 4.74 Å². The Morgan fingerprint density at radius 2 is 2.14 bits per heavy atom. The molecule has 1 fully saturated rings. The first kappa shape index (κ1) is 9.33. The minimum absolute atomic E-state index is 0.0457. The van der Waals surface area contributed by atoms with E-state index in [9.17, 15) is 10.1 Å². The Bertz CT molecular complexity index is 352. The van der Waals surface area contributed by atoms with E-state index >= 15 is 0 Å². The Morgan fingerprint density at radius 1 is 1.43 bits per heavy atom. The Balaban J connectivity index is 2.17. The number of rotatable bonds is 3. The molecule has 4 nitrogen and oxygen atoms in total. The van der Waals surface area contributed by atoms with Crippen molar-refractivity contribution in [1.82, 2.24) is 0 Å². The predicted molar refractivity (Wildman–Crippen MR) is 54.8 cm³/mol. The van der Waals surface area contributed by atoms with Crippen LogP contribution >= 0.6 is 11.8 Å². The maximum Gasteiger partial charge on any atom is 0.310 e. The van der Waals surface area contributed by atoms with Crippen LogP contribution in [0, 0.1) is 10.1 Å². The van der Waals surface area contributed by atoms with E-state index in [-0.39, 0.29) is 11.8 Å². The Labute approximate surface area is 85.4 Å². The van der Waals surface area contributed by atoms with Crippen LogP contribution in [0.15, 0.2) is 24.3 Å². The van der Waals surface area contributed by atoms with Crippen LogP contribution < -0.4 is 4.74 Å². The van der Waals surface area contributed by atoms with E-state index in [2.05, 4.69) is 0 Å². The zero-order valence-electron chi connectivity index (χ0n) is 7.38. The summed E-state index contributed by atoms with van der Waals surface area (Å²) < 4.78 is 5.48. The molecule has 0 bridgehead atoms. The van der Waals surface area contributed by atoms with Crippen LogP contribution in [0.25, 0.3) is 0 Å². The van der Waals surface area contributed by atoms with Crippen LogP contribution in [0.5, 0.6) is 5.75 Å².